The van der Waals surface area contributed by atoms with E-state index < -0.39 is 5.97 Å². The van der Waals surface area contributed by atoms with Gasteiger partial charge < -0.3 is 5.11 Å². The van der Waals surface area contributed by atoms with Crippen LogP contribution in [0.2, 0.25) is 10.0 Å². The molecule has 0 radical (unpaired) electrons. The lowest BCUT2D eigenvalue weighted by Crippen LogP contribution is -2.09. The van der Waals surface area contributed by atoms with E-state index in [1.807, 2.05) is 6.07 Å². The number of aromatic carboxylic acids is 1. The lowest BCUT2D eigenvalue weighted by molar-refractivity contribution is 0.0701. The van der Waals surface area contributed by atoms with Crippen LogP contribution in [0.1, 0.15) is 38.8 Å². The van der Waals surface area contributed by atoms with Crippen LogP contribution in [0, 0.1) is 6.92 Å². The Balaban J connectivity index is 2.09. The van der Waals surface area contributed by atoms with Crippen LogP contribution in [0.15, 0.2) is 18.2 Å². The minimum atomic E-state index is -0.927. The van der Waals surface area contributed by atoms with E-state index in [4.69, 9.17) is 28.3 Å². The molecule has 3 nitrogen and oxygen atoms in total. The van der Waals surface area contributed by atoms with E-state index in [0.29, 0.717) is 20.6 Å². The summed E-state index contributed by atoms with van der Waals surface area (Å²) in [5.41, 5.74) is 1.31. The Morgan fingerprint density at radius 1 is 1.40 bits per heavy atom. The fourth-order valence-electron chi connectivity index (χ4n) is 2.40. The molecule has 1 saturated carbocycles. The molecule has 0 spiro atoms. The Bertz CT molecular complexity index is 707. The Morgan fingerprint density at radius 3 is 2.60 bits per heavy atom. The van der Waals surface area contributed by atoms with Gasteiger partial charge in [-0.15, -0.1) is 11.3 Å². The van der Waals surface area contributed by atoms with Crippen LogP contribution < -0.4 is 0 Å². The molecule has 0 atom stereocenters. The third-order valence-electron chi connectivity index (χ3n) is 3.60. The predicted molar refractivity (Wildman–Crippen MR) is 80.3 cm³/mol. The van der Waals surface area contributed by atoms with Crippen LogP contribution in [0.3, 0.4) is 0 Å². The van der Waals surface area contributed by atoms with Crippen LogP contribution >= 0.6 is 34.5 Å². The summed E-state index contributed by atoms with van der Waals surface area (Å²) in [5.74, 6) is -0.927. The Labute approximate surface area is 130 Å². The number of hydrogen-bond donors (Lipinski definition) is 1. The maximum atomic E-state index is 11.2. The fourth-order valence-corrected chi connectivity index (χ4v) is 4.16. The molecule has 0 amide bonds. The quantitative estimate of drug-likeness (QED) is 0.900. The maximum absolute atomic E-state index is 11.2. The van der Waals surface area contributed by atoms with Crippen molar-refractivity contribution in [2.45, 2.75) is 25.2 Å². The van der Waals surface area contributed by atoms with Crippen LogP contribution in [-0.4, -0.2) is 16.1 Å². The third kappa shape index (κ3) is 2.12. The molecule has 1 aromatic heterocycles. The van der Waals surface area contributed by atoms with Gasteiger partial charge in [0.05, 0.1) is 5.69 Å². The first-order valence-electron chi connectivity index (χ1n) is 6.11. The zero-order valence-electron chi connectivity index (χ0n) is 10.6. The van der Waals surface area contributed by atoms with Gasteiger partial charge in [-0.05, 0) is 37.5 Å². The van der Waals surface area contributed by atoms with Gasteiger partial charge in [-0.2, -0.15) is 0 Å². The lowest BCUT2D eigenvalue weighted by atomic mass is 9.96. The monoisotopic (exact) mass is 327 g/mol. The molecule has 1 aliphatic rings. The molecule has 2 aromatic rings. The average molecular weight is 328 g/mol. The van der Waals surface area contributed by atoms with Gasteiger partial charge >= 0.3 is 5.97 Å². The summed E-state index contributed by atoms with van der Waals surface area (Å²) < 4.78 is 0. The third-order valence-corrected chi connectivity index (χ3v) is 5.49. The minimum Gasteiger partial charge on any atom is -0.477 e. The highest BCUT2D eigenvalue weighted by Crippen LogP contribution is 2.56. The first-order chi connectivity index (χ1) is 9.44. The summed E-state index contributed by atoms with van der Waals surface area (Å²) >= 11 is 13.5. The van der Waals surface area contributed by atoms with Crippen molar-refractivity contribution in [1.29, 1.82) is 0 Å². The zero-order chi connectivity index (χ0) is 14.5. The van der Waals surface area contributed by atoms with Crippen molar-refractivity contribution in [1.82, 2.24) is 4.98 Å². The highest BCUT2D eigenvalue weighted by molar-refractivity contribution is 7.14. The molecule has 1 aromatic carbocycles. The summed E-state index contributed by atoms with van der Waals surface area (Å²) in [5, 5.41) is 11.2. The van der Waals surface area contributed by atoms with E-state index in [-0.39, 0.29) is 5.41 Å². The van der Waals surface area contributed by atoms with Gasteiger partial charge in [0, 0.05) is 15.5 Å². The topological polar surface area (TPSA) is 50.2 Å². The molecule has 1 heterocycles. The van der Waals surface area contributed by atoms with Gasteiger partial charge in [-0.1, -0.05) is 29.3 Å². The Hall–Kier alpha value is -1.10. The lowest BCUT2D eigenvalue weighted by Gasteiger charge is -2.14. The standard InChI is InChI=1S/C14H11Cl2NO2S/c1-7-11(12(18)19)20-13(17-7)14(4-5-14)9-3-2-8(15)6-10(9)16/h2-3,6H,4-5H2,1H3,(H,18,19). The van der Waals surface area contributed by atoms with Crippen molar-refractivity contribution < 1.29 is 9.90 Å². The van der Waals surface area contributed by atoms with E-state index >= 15 is 0 Å². The maximum Gasteiger partial charge on any atom is 0.347 e. The number of rotatable bonds is 3. The van der Waals surface area contributed by atoms with E-state index in [1.165, 1.54) is 11.3 Å². The van der Waals surface area contributed by atoms with Crippen molar-refractivity contribution >= 4 is 40.5 Å². The second kappa shape index (κ2) is 4.72. The van der Waals surface area contributed by atoms with Crippen LogP contribution in [0.4, 0.5) is 0 Å². The average Bonchev–Trinajstić information content (AvgIpc) is 3.06. The molecule has 1 N–H and O–H groups in total. The number of aromatic nitrogens is 1. The molecule has 0 unspecified atom stereocenters. The van der Waals surface area contributed by atoms with E-state index in [2.05, 4.69) is 4.98 Å². The number of hydrogen-bond acceptors (Lipinski definition) is 3. The molecule has 20 heavy (non-hydrogen) atoms. The molecule has 3 rings (SSSR count). The smallest absolute Gasteiger partial charge is 0.347 e. The predicted octanol–water partition coefficient (Wildman–Crippen LogP) is 4.54. The zero-order valence-corrected chi connectivity index (χ0v) is 12.9. The highest BCUT2D eigenvalue weighted by atomic mass is 35.5. The van der Waals surface area contributed by atoms with Gasteiger partial charge in [-0.3, -0.25) is 0 Å². The number of benzene rings is 1. The number of carboxylic acids is 1. The highest BCUT2D eigenvalue weighted by Gasteiger charge is 2.50. The van der Waals surface area contributed by atoms with Gasteiger partial charge in [0.15, 0.2) is 0 Å². The first-order valence-corrected chi connectivity index (χ1v) is 7.68. The van der Waals surface area contributed by atoms with Gasteiger partial charge in [0.1, 0.15) is 9.88 Å². The van der Waals surface area contributed by atoms with Crippen LogP contribution in [-0.2, 0) is 5.41 Å². The largest absolute Gasteiger partial charge is 0.477 e. The minimum absolute atomic E-state index is 0.231. The normalized spacial score (nSPS) is 16.1. The summed E-state index contributed by atoms with van der Waals surface area (Å²) in [6.07, 6.45) is 1.86. The van der Waals surface area contributed by atoms with Crippen molar-refractivity contribution in [2.24, 2.45) is 0 Å². The summed E-state index contributed by atoms with van der Waals surface area (Å²) in [6.45, 7) is 1.73. The van der Waals surface area contributed by atoms with Crippen LogP contribution in [0.25, 0.3) is 0 Å². The van der Waals surface area contributed by atoms with E-state index in [9.17, 15) is 4.79 Å². The SMILES string of the molecule is Cc1nc(C2(c3ccc(Cl)cc3Cl)CC2)sc1C(=O)O. The van der Waals surface area contributed by atoms with E-state index in [0.717, 1.165) is 23.4 Å². The summed E-state index contributed by atoms with van der Waals surface area (Å²) in [4.78, 5) is 15.9. The summed E-state index contributed by atoms with van der Waals surface area (Å²) in [7, 11) is 0. The van der Waals surface area contributed by atoms with Gasteiger partial charge in [-0.25, -0.2) is 9.78 Å². The Morgan fingerprint density at radius 2 is 2.10 bits per heavy atom. The number of nitrogens with zero attached hydrogens (tertiary/aromatic N) is 1. The van der Waals surface area contributed by atoms with Crippen molar-refractivity contribution in [3.05, 3.63) is 49.4 Å². The molecular formula is C14H11Cl2NO2S. The van der Waals surface area contributed by atoms with E-state index in [1.54, 1.807) is 19.1 Å². The van der Waals surface area contributed by atoms with Crippen molar-refractivity contribution in [3.8, 4) is 0 Å². The van der Waals surface area contributed by atoms with Gasteiger partial charge in [0.2, 0.25) is 0 Å². The molecule has 1 fully saturated rings. The molecule has 1 aliphatic carbocycles. The number of carboxylic acid groups (broad SMARTS) is 1. The molecule has 0 saturated heterocycles. The summed E-state index contributed by atoms with van der Waals surface area (Å²) in [6, 6.07) is 5.44. The fraction of sp³-hybridized carbons (Fsp3) is 0.286. The second-order valence-corrected chi connectivity index (χ2v) is 6.79. The molecule has 6 heteroatoms. The van der Waals surface area contributed by atoms with Crippen molar-refractivity contribution in [3.63, 3.8) is 0 Å². The molecular weight excluding hydrogens is 317 g/mol. The Kier molecular flexibility index (Phi) is 3.27. The first kappa shape index (κ1) is 13.9. The second-order valence-electron chi connectivity index (χ2n) is 4.94. The molecule has 0 aliphatic heterocycles. The molecule has 104 valence electrons. The number of thiazole rings is 1. The number of aryl methyl sites for hydroxylation is 1. The van der Waals surface area contributed by atoms with Crippen LogP contribution in [0.5, 0.6) is 0 Å². The number of halogens is 2. The van der Waals surface area contributed by atoms with Gasteiger partial charge in [0.25, 0.3) is 0 Å². The molecule has 0 bridgehead atoms. The van der Waals surface area contributed by atoms with Crippen molar-refractivity contribution in [2.75, 3.05) is 0 Å². The number of carbonyl (C=O) groups is 1.